The van der Waals surface area contributed by atoms with E-state index in [0.717, 1.165) is 13.0 Å². The van der Waals surface area contributed by atoms with E-state index in [0.29, 0.717) is 16.6 Å². The van der Waals surface area contributed by atoms with Gasteiger partial charge < -0.3 is 10.1 Å². The number of nitrogens with one attached hydrogen (secondary N) is 1. The van der Waals surface area contributed by atoms with Gasteiger partial charge in [0.1, 0.15) is 5.82 Å². The van der Waals surface area contributed by atoms with Crippen LogP contribution >= 0.6 is 15.9 Å². The second kappa shape index (κ2) is 6.99. The summed E-state index contributed by atoms with van der Waals surface area (Å²) in [5, 5.41) is 3.27. The summed E-state index contributed by atoms with van der Waals surface area (Å²) in [6.07, 6.45) is 1.01. The summed E-state index contributed by atoms with van der Waals surface area (Å²) in [4.78, 5) is 0. The zero-order chi connectivity index (χ0) is 12.0. The third-order valence-corrected chi connectivity index (χ3v) is 2.94. The number of ether oxygens (including phenoxy) is 1. The van der Waals surface area contributed by atoms with Gasteiger partial charge in [0.2, 0.25) is 0 Å². The number of benzene rings is 1. The number of hydrogen-bond acceptors (Lipinski definition) is 2. The van der Waals surface area contributed by atoms with Crippen molar-refractivity contribution < 1.29 is 9.13 Å². The SMILES string of the molecule is CCCNC(COC)c1cccc(Br)c1F. The predicted octanol–water partition coefficient (Wildman–Crippen LogP) is 3.28. The van der Waals surface area contributed by atoms with Crippen LogP contribution < -0.4 is 5.32 Å². The van der Waals surface area contributed by atoms with Gasteiger partial charge in [-0.2, -0.15) is 0 Å². The van der Waals surface area contributed by atoms with Gasteiger partial charge >= 0.3 is 0 Å². The Morgan fingerprint density at radius 2 is 2.25 bits per heavy atom. The summed E-state index contributed by atoms with van der Waals surface area (Å²) in [6.45, 7) is 3.39. The Kier molecular flexibility index (Phi) is 5.95. The van der Waals surface area contributed by atoms with Crippen molar-refractivity contribution in [1.29, 1.82) is 0 Å². The highest BCUT2D eigenvalue weighted by Crippen LogP contribution is 2.23. The van der Waals surface area contributed by atoms with Crippen molar-refractivity contribution in [2.24, 2.45) is 0 Å². The van der Waals surface area contributed by atoms with Crippen LogP contribution in [-0.4, -0.2) is 20.3 Å². The largest absolute Gasteiger partial charge is 0.383 e. The van der Waals surface area contributed by atoms with Crippen molar-refractivity contribution >= 4 is 15.9 Å². The van der Waals surface area contributed by atoms with Crippen LogP contribution in [0.5, 0.6) is 0 Å². The molecule has 1 atom stereocenters. The quantitative estimate of drug-likeness (QED) is 0.868. The van der Waals surface area contributed by atoms with Crippen molar-refractivity contribution in [1.82, 2.24) is 5.32 Å². The van der Waals surface area contributed by atoms with Crippen LogP contribution in [0.15, 0.2) is 22.7 Å². The molecule has 1 rings (SSSR count). The van der Waals surface area contributed by atoms with E-state index in [2.05, 4.69) is 28.2 Å². The van der Waals surface area contributed by atoms with E-state index in [1.165, 1.54) is 0 Å². The molecule has 0 amide bonds. The first kappa shape index (κ1) is 13.6. The molecule has 1 unspecified atom stereocenters. The molecule has 4 heteroatoms. The summed E-state index contributed by atoms with van der Waals surface area (Å²) < 4.78 is 19.5. The maximum Gasteiger partial charge on any atom is 0.142 e. The molecule has 0 spiro atoms. The molecule has 1 N–H and O–H groups in total. The van der Waals surface area contributed by atoms with E-state index >= 15 is 0 Å². The van der Waals surface area contributed by atoms with Gasteiger partial charge in [0, 0.05) is 12.7 Å². The van der Waals surface area contributed by atoms with Gasteiger partial charge in [0.05, 0.1) is 17.1 Å². The second-order valence-electron chi connectivity index (χ2n) is 3.61. The standard InChI is InChI=1S/C12H17BrFNO/c1-3-7-15-11(8-16-2)9-5-4-6-10(13)12(9)14/h4-6,11,15H,3,7-8H2,1-2H3. The molecule has 0 saturated carbocycles. The molecule has 0 aliphatic rings. The lowest BCUT2D eigenvalue weighted by Gasteiger charge is -2.19. The highest BCUT2D eigenvalue weighted by Gasteiger charge is 2.16. The Morgan fingerprint density at radius 3 is 2.88 bits per heavy atom. The van der Waals surface area contributed by atoms with Gasteiger partial charge in [0.25, 0.3) is 0 Å². The Balaban J connectivity index is 2.86. The van der Waals surface area contributed by atoms with Gasteiger partial charge in [-0.1, -0.05) is 19.1 Å². The highest BCUT2D eigenvalue weighted by atomic mass is 79.9. The normalized spacial score (nSPS) is 12.8. The minimum atomic E-state index is -0.215. The van der Waals surface area contributed by atoms with Crippen LogP contribution in [0.1, 0.15) is 24.9 Å². The summed E-state index contributed by atoms with van der Waals surface area (Å²) in [6, 6.07) is 5.22. The molecule has 1 aromatic rings. The molecule has 1 aromatic carbocycles. The maximum atomic E-state index is 13.9. The average molecular weight is 290 g/mol. The van der Waals surface area contributed by atoms with Crippen molar-refractivity contribution in [3.05, 3.63) is 34.1 Å². The van der Waals surface area contributed by atoms with E-state index < -0.39 is 0 Å². The minimum Gasteiger partial charge on any atom is -0.383 e. The molecule has 0 aliphatic heterocycles. The minimum absolute atomic E-state index is 0.0950. The fourth-order valence-electron chi connectivity index (χ4n) is 1.53. The van der Waals surface area contributed by atoms with Gasteiger partial charge in [-0.3, -0.25) is 0 Å². The number of hydrogen-bond donors (Lipinski definition) is 1. The van der Waals surface area contributed by atoms with Crippen molar-refractivity contribution in [3.8, 4) is 0 Å². The lowest BCUT2D eigenvalue weighted by Crippen LogP contribution is -2.26. The number of rotatable bonds is 6. The van der Waals surface area contributed by atoms with Gasteiger partial charge in [-0.05, 0) is 35.0 Å². The molecule has 0 saturated heterocycles. The summed E-state index contributed by atoms with van der Waals surface area (Å²) in [5.74, 6) is -0.215. The van der Waals surface area contributed by atoms with Gasteiger partial charge in [-0.25, -0.2) is 4.39 Å². The molecular weight excluding hydrogens is 273 g/mol. The molecule has 0 fully saturated rings. The van der Waals surface area contributed by atoms with Crippen LogP contribution in [-0.2, 0) is 4.74 Å². The molecule has 90 valence electrons. The maximum absolute atomic E-state index is 13.9. The Bertz CT molecular complexity index is 333. The molecule has 0 heterocycles. The highest BCUT2D eigenvalue weighted by molar-refractivity contribution is 9.10. The summed E-state index contributed by atoms with van der Waals surface area (Å²) in [5.41, 5.74) is 0.643. The van der Waals surface area contributed by atoms with E-state index in [4.69, 9.17) is 4.74 Å². The fourth-order valence-corrected chi connectivity index (χ4v) is 1.92. The monoisotopic (exact) mass is 289 g/mol. The Hall–Kier alpha value is -0.450. The van der Waals surface area contributed by atoms with E-state index in [1.54, 1.807) is 19.2 Å². The van der Waals surface area contributed by atoms with Crippen LogP contribution in [0, 0.1) is 5.82 Å². The first-order valence-electron chi connectivity index (χ1n) is 5.37. The third-order valence-electron chi connectivity index (χ3n) is 2.33. The third kappa shape index (κ3) is 3.54. The molecule has 0 aromatic heterocycles. The molecule has 2 nitrogen and oxygen atoms in total. The zero-order valence-electron chi connectivity index (χ0n) is 9.59. The van der Waals surface area contributed by atoms with Gasteiger partial charge in [0.15, 0.2) is 0 Å². The van der Waals surface area contributed by atoms with Crippen molar-refractivity contribution in [2.75, 3.05) is 20.3 Å². The second-order valence-corrected chi connectivity index (χ2v) is 4.46. The average Bonchev–Trinajstić information content (AvgIpc) is 2.28. The number of halogens is 2. The summed E-state index contributed by atoms with van der Waals surface area (Å²) >= 11 is 3.19. The molecular formula is C12H17BrFNO. The lowest BCUT2D eigenvalue weighted by molar-refractivity contribution is 0.165. The van der Waals surface area contributed by atoms with E-state index in [-0.39, 0.29) is 11.9 Å². The Morgan fingerprint density at radius 1 is 1.50 bits per heavy atom. The predicted molar refractivity (Wildman–Crippen MR) is 67.0 cm³/mol. The summed E-state index contributed by atoms with van der Waals surface area (Å²) in [7, 11) is 1.62. The smallest absolute Gasteiger partial charge is 0.142 e. The number of methoxy groups -OCH3 is 1. The molecule has 16 heavy (non-hydrogen) atoms. The lowest BCUT2D eigenvalue weighted by atomic mass is 10.1. The Labute approximate surface area is 104 Å². The van der Waals surface area contributed by atoms with Crippen LogP contribution in [0.25, 0.3) is 0 Å². The van der Waals surface area contributed by atoms with Crippen LogP contribution in [0.3, 0.4) is 0 Å². The van der Waals surface area contributed by atoms with E-state index in [9.17, 15) is 4.39 Å². The molecule has 0 bridgehead atoms. The van der Waals surface area contributed by atoms with Crippen LogP contribution in [0.2, 0.25) is 0 Å². The molecule has 0 aliphatic carbocycles. The van der Waals surface area contributed by atoms with E-state index in [1.807, 2.05) is 6.07 Å². The van der Waals surface area contributed by atoms with Gasteiger partial charge in [-0.15, -0.1) is 0 Å². The van der Waals surface area contributed by atoms with Crippen molar-refractivity contribution in [2.45, 2.75) is 19.4 Å². The van der Waals surface area contributed by atoms with Crippen LogP contribution in [0.4, 0.5) is 4.39 Å². The zero-order valence-corrected chi connectivity index (χ0v) is 11.2. The van der Waals surface area contributed by atoms with Crippen molar-refractivity contribution in [3.63, 3.8) is 0 Å². The first-order valence-corrected chi connectivity index (χ1v) is 6.16. The fraction of sp³-hybridized carbons (Fsp3) is 0.500. The first-order chi connectivity index (χ1) is 7.70. The molecule has 0 radical (unpaired) electrons. The topological polar surface area (TPSA) is 21.3 Å².